The summed E-state index contributed by atoms with van der Waals surface area (Å²) in [6.45, 7) is 3.50. The first-order valence-electron chi connectivity index (χ1n) is 7.71. The SMILES string of the molecule is C[C@H]1CN2CCCC[C@@H]2CN1S(=O)(=O)c1cc(F)c(F)cc1F. The highest BCUT2D eigenvalue weighted by Gasteiger charge is 2.40. The highest BCUT2D eigenvalue weighted by molar-refractivity contribution is 7.89. The number of fused-ring (bicyclic) bond motifs is 1. The molecule has 128 valence electrons. The number of hydrogen-bond donors (Lipinski definition) is 0. The van der Waals surface area contributed by atoms with E-state index in [-0.39, 0.29) is 24.7 Å². The van der Waals surface area contributed by atoms with Gasteiger partial charge >= 0.3 is 0 Å². The summed E-state index contributed by atoms with van der Waals surface area (Å²) < 4.78 is 67.1. The number of sulfonamides is 1. The van der Waals surface area contributed by atoms with E-state index in [0.717, 1.165) is 25.8 Å². The maximum atomic E-state index is 13.9. The lowest BCUT2D eigenvalue weighted by molar-refractivity contribution is 0.0563. The van der Waals surface area contributed by atoms with Crippen LogP contribution in [0.1, 0.15) is 26.2 Å². The summed E-state index contributed by atoms with van der Waals surface area (Å²) in [6.07, 6.45) is 3.01. The van der Waals surface area contributed by atoms with E-state index < -0.39 is 32.4 Å². The highest BCUT2D eigenvalue weighted by Crippen LogP contribution is 2.30. The van der Waals surface area contributed by atoms with Crippen molar-refractivity contribution in [3.63, 3.8) is 0 Å². The number of halogens is 3. The van der Waals surface area contributed by atoms with Crippen molar-refractivity contribution in [1.29, 1.82) is 0 Å². The first-order valence-corrected chi connectivity index (χ1v) is 9.15. The van der Waals surface area contributed by atoms with Crippen molar-refractivity contribution in [2.75, 3.05) is 19.6 Å². The molecule has 0 radical (unpaired) electrons. The van der Waals surface area contributed by atoms with Gasteiger partial charge in [-0.15, -0.1) is 0 Å². The Morgan fingerprint density at radius 1 is 1.04 bits per heavy atom. The van der Waals surface area contributed by atoms with Gasteiger partial charge in [0.25, 0.3) is 0 Å². The van der Waals surface area contributed by atoms with Gasteiger partial charge < -0.3 is 0 Å². The zero-order valence-corrected chi connectivity index (χ0v) is 13.6. The number of rotatable bonds is 2. The van der Waals surface area contributed by atoms with Crippen LogP contribution >= 0.6 is 0 Å². The second-order valence-electron chi connectivity index (χ2n) is 6.27. The van der Waals surface area contributed by atoms with Gasteiger partial charge in [-0.1, -0.05) is 6.42 Å². The van der Waals surface area contributed by atoms with Gasteiger partial charge in [0, 0.05) is 31.2 Å². The Morgan fingerprint density at radius 2 is 1.74 bits per heavy atom. The number of benzene rings is 1. The van der Waals surface area contributed by atoms with Crippen molar-refractivity contribution in [2.24, 2.45) is 0 Å². The lowest BCUT2D eigenvalue weighted by Crippen LogP contribution is -2.60. The monoisotopic (exact) mass is 348 g/mol. The Morgan fingerprint density at radius 3 is 2.48 bits per heavy atom. The molecule has 2 aliphatic rings. The van der Waals surface area contributed by atoms with Crippen molar-refractivity contribution < 1.29 is 21.6 Å². The van der Waals surface area contributed by atoms with Gasteiger partial charge in [-0.05, 0) is 32.4 Å². The molecular formula is C15H19F3N2O2S. The Hall–Kier alpha value is -1.12. The van der Waals surface area contributed by atoms with Gasteiger partial charge in [0.2, 0.25) is 10.0 Å². The molecule has 2 aliphatic heterocycles. The smallest absolute Gasteiger partial charge is 0.246 e. The molecule has 4 nitrogen and oxygen atoms in total. The van der Waals surface area contributed by atoms with Crippen molar-refractivity contribution >= 4 is 10.0 Å². The van der Waals surface area contributed by atoms with E-state index in [9.17, 15) is 21.6 Å². The van der Waals surface area contributed by atoms with Gasteiger partial charge in [-0.25, -0.2) is 21.6 Å². The molecular weight excluding hydrogens is 329 g/mol. The minimum atomic E-state index is -4.21. The van der Waals surface area contributed by atoms with Crippen LogP contribution in [0.3, 0.4) is 0 Å². The predicted octanol–water partition coefficient (Wildman–Crippen LogP) is 2.35. The summed E-state index contributed by atoms with van der Waals surface area (Å²) in [5, 5.41) is 0. The predicted molar refractivity (Wildman–Crippen MR) is 78.9 cm³/mol. The van der Waals surface area contributed by atoms with Crippen molar-refractivity contribution in [3.05, 3.63) is 29.6 Å². The average molecular weight is 348 g/mol. The molecule has 0 amide bonds. The number of hydrogen-bond acceptors (Lipinski definition) is 3. The van der Waals surface area contributed by atoms with Crippen LogP contribution in [0.15, 0.2) is 17.0 Å². The molecule has 0 bridgehead atoms. The first kappa shape index (κ1) is 16.7. The molecule has 0 saturated carbocycles. The molecule has 0 aliphatic carbocycles. The van der Waals surface area contributed by atoms with Crippen LogP contribution in [0.2, 0.25) is 0 Å². The second kappa shape index (κ2) is 6.07. The summed E-state index contributed by atoms with van der Waals surface area (Å²) in [5.41, 5.74) is 0. The van der Waals surface area contributed by atoms with Crippen LogP contribution < -0.4 is 0 Å². The minimum Gasteiger partial charge on any atom is -0.297 e. The Labute approximate surface area is 133 Å². The zero-order chi connectivity index (χ0) is 16.8. The lowest BCUT2D eigenvalue weighted by atomic mass is 9.99. The molecule has 8 heteroatoms. The normalized spacial score (nSPS) is 27.0. The molecule has 2 saturated heterocycles. The number of piperazine rings is 1. The summed E-state index contributed by atoms with van der Waals surface area (Å²) in [6, 6.07) is 0.467. The summed E-state index contributed by atoms with van der Waals surface area (Å²) >= 11 is 0. The van der Waals surface area contributed by atoms with Crippen LogP contribution in [-0.4, -0.2) is 49.3 Å². The highest BCUT2D eigenvalue weighted by atomic mass is 32.2. The topological polar surface area (TPSA) is 40.6 Å². The van der Waals surface area contributed by atoms with E-state index in [4.69, 9.17) is 0 Å². The molecule has 1 aromatic rings. The van der Waals surface area contributed by atoms with Gasteiger partial charge in [0.05, 0.1) is 0 Å². The summed E-state index contributed by atoms with van der Waals surface area (Å²) in [7, 11) is -4.21. The largest absolute Gasteiger partial charge is 0.297 e. The van der Waals surface area contributed by atoms with Crippen LogP contribution in [0, 0.1) is 17.5 Å². The molecule has 1 aromatic carbocycles. The van der Waals surface area contributed by atoms with Gasteiger partial charge in [0.15, 0.2) is 11.6 Å². The van der Waals surface area contributed by atoms with E-state index in [0.29, 0.717) is 12.6 Å². The third-order valence-corrected chi connectivity index (χ3v) is 6.69. The Bertz CT molecular complexity index is 711. The molecule has 23 heavy (non-hydrogen) atoms. The van der Waals surface area contributed by atoms with Crippen molar-refractivity contribution in [1.82, 2.24) is 9.21 Å². The maximum absolute atomic E-state index is 13.9. The van der Waals surface area contributed by atoms with E-state index in [1.165, 1.54) is 4.31 Å². The molecule has 0 aromatic heterocycles. The lowest BCUT2D eigenvalue weighted by Gasteiger charge is -2.46. The third-order valence-electron chi connectivity index (χ3n) is 4.69. The van der Waals surface area contributed by atoms with Crippen LogP contribution in [-0.2, 0) is 10.0 Å². The van der Waals surface area contributed by atoms with Crippen LogP contribution in [0.5, 0.6) is 0 Å². The molecule has 2 atom stereocenters. The van der Waals surface area contributed by atoms with E-state index in [1.807, 2.05) is 0 Å². The summed E-state index contributed by atoms with van der Waals surface area (Å²) in [4.78, 5) is 1.45. The second-order valence-corrected chi connectivity index (χ2v) is 8.12. The van der Waals surface area contributed by atoms with Crippen molar-refractivity contribution in [3.8, 4) is 0 Å². The van der Waals surface area contributed by atoms with Crippen molar-refractivity contribution in [2.45, 2.75) is 43.2 Å². The standard InChI is InChI=1S/C15H19F3N2O2S/c1-10-8-19-5-3-2-4-11(19)9-20(10)23(21,22)15-7-13(17)12(16)6-14(15)18/h6-7,10-11H,2-5,8-9H2,1H3/t10-,11+/m0/s1. The fourth-order valence-corrected chi connectivity index (χ4v) is 5.21. The molecule has 2 heterocycles. The quantitative estimate of drug-likeness (QED) is 0.771. The minimum absolute atomic E-state index is 0.100. The van der Waals surface area contributed by atoms with E-state index >= 15 is 0 Å². The van der Waals surface area contributed by atoms with E-state index in [2.05, 4.69) is 4.90 Å². The number of piperidine rings is 1. The average Bonchev–Trinajstić information content (AvgIpc) is 2.50. The molecule has 0 spiro atoms. The Kier molecular flexibility index (Phi) is 4.41. The molecule has 0 N–H and O–H groups in total. The molecule has 3 rings (SSSR count). The summed E-state index contributed by atoms with van der Waals surface area (Å²) in [5.74, 6) is -4.03. The van der Waals surface area contributed by atoms with Crippen LogP contribution in [0.25, 0.3) is 0 Å². The van der Waals surface area contributed by atoms with E-state index in [1.54, 1.807) is 6.92 Å². The zero-order valence-electron chi connectivity index (χ0n) is 12.8. The Balaban J connectivity index is 1.94. The van der Waals surface area contributed by atoms with Gasteiger partial charge in [-0.3, -0.25) is 4.90 Å². The fraction of sp³-hybridized carbons (Fsp3) is 0.600. The molecule has 0 unspecified atom stereocenters. The first-order chi connectivity index (χ1) is 10.8. The third kappa shape index (κ3) is 2.99. The van der Waals surface area contributed by atoms with Gasteiger partial charge in [0.1, 0.15) is 10.7 Å². The molecule has 2 fully saturated rings. The maximum Gasteiger partial charge on any atom is 0.246 e. The number of nitrogens with zero attached hydrogens (tertiary/aromatic N) is 2. The van der Waals surface area contributed by atoms with Gasteiger partial charge in [-0.2, -0.15) is 4.31 Å². The fourth-order valence-electron chi connectivity index (χ4n) is 3.49. The van der Waals surface area contributed by atoms with Crippen LogP contribution in [0.4, 0.5) is 13.2 Å².